The Balaban J connectivity index is 2.09. The maximum Gasteiger partial charge on any atom is 0.252 e. The summed E-state index contributed by atoms with van der Waals surface area (Å²) >= 11 is 5.59. The number of benzene rings is 1. The third-order valence-electron chi connectivity index (χ3n) is 3.45. The monoisotopic (exact) mass is 422 g/mol. The molecule has 3 N–H and O–H groups in total. The van der Waals surface area contributed by atoms with Gasteiger partial charge in [-0.2, -0.15) is 0 Å². The highest BCUT2D eigenvalue weighted by molar-refractivity contribution is 14.1. The van der Waals surface area contributed by atoms with Gasteiger partial charge in [-0.25, -0.2) is 0 Å². The van der Waals surface area contributed by atoms with Crippen LogP contribution in [-0.4, -0.2) is 18.5 Å². The molecule has 3 nitrogen and oxygen atoms in total. The third-order valence-corrected chi connectivity index (χ3v) is 4.89. The molecule has 1 amide bonds. The lowest BCUT2D eigenvalue weighted by Crippen LogP contribution is -2.40. The average Bonchev–Trinajstić information content (AvgIpc) is 2.79. The first kappa shape index (κ1) is 14.3. The van der Waals surface area contributed by atoms with Crippen molar-refractivity contribution in [2.45, 2.75) is 25.3 Å². The molecule has 1 fully saturated rings. The molecule has 0 saturated heterocycles. The van der Waals surface area contributed by atoms with E-state index in [0.717, 1.165) is 32.9 Å². The molecule has 1 saturated carbocycles. The van der Waals surface area contributed by atoms with Crippen LogP contribution in [0.2, 0.25) is 0 Å². The van der Waals surface area contributed by atoms with Crippen molar-refractivity contribution >= 4 is 44.4 Å². The highest BCUT2D eigenvalue weighted by atomic mass is 127. The lowest BCUT2D eigenvalue weighted by Gasteiger charge is -2.19. The van der Waals surface area contributed by atoms with E-state index in [2.05, 4.69) is 43.8 Å². The van der Waals surface area contributed by atoms with Gasteiger partial charge in [0.15, 0.2) is 0 Å². The lowest BCUT2D eigenvalue weighted by molar-refractivity contribution is 0.0928. The molecule has 0 bridgehead atoms. The molecule has 98 valence electrons. The zero-order valence-corrected chi connectivity index (χ0v) is 13.7. The summed E-state index contributed by atoms with van der Waals surface area (Å²) in [7, 11) is 0. The first-order valence-electron chi connectivity index (χ1n) is 6.08. The number of amides is 1. The smallest absolute Gasteiger partial charge is 0.252 e. The van der Waals surface area contributed by atoms with Crippen molar-refractivity contribution in [3.05, 3.63) is 31.8 Å². The van der Waals surface area contributed by atoms with Crippen LogP contribution in [0, 0.1) is 9.49 Å². The molecule has 5 heteroatoms. The van der Waals surface area contributed by atoms with Crippen LogP contribution in [0.4, 0.5) is 0 Å². The molecule has 1 aromatic rings. The van der Waals surface area contributed by atoms with Gasteiger partial charge in [-0.1, -0.05) is 22.4 Å². The predicted octanol–water partition coefficient (Wildman–Crippen LogP) is 2.91. The molecule has 2 rings (SSSR count). The third kappa shape index (κ3) is 3.24. The van der Waals surface area contributed by atoms with Crippen molar-refractivity contribution in [2.24, 2.45) is 11.7 Å². The summed E-state index contributed by atoms with van der Waals surface area (Å²) in [5.41, 5.74) is 6.46. The fourth-order valence-electron chi connectivity index (χ4n) is 2.43. The number of rotatable bonds is 3. The van der Waals surface area contributed by atoms with Crippen molar-refractivity contribution in [1.82, 2.24) is 5.32 Å². The predicted molar refractivity (Wildman–Crippen MR) is 84.5 cm³/mol. The minimum atomic E-state index is 0.00560. The van der Waals surface area contributed by atoms with Gasteiger partial charge in [0.2, 0.25) is 0 Å². The Morgan fingerprint density at radius 1 is 1.50 bits per heavy atom. The molecule has 18 heavy (non-hydrogen) atoms. The molecule has 0 radical (unpaired) electrons. The molecule has 2 atom stereocenters. The SMILES string of the molecule is NCC1CCCC1NC(=O)c1cc(Br)ccc1I. The van der Waals surface area contributed by atoms with E-state index < -0.39 is 0 Å². The van der Waals surface area contributed by atoms with Gasteiger partial charge < -0.3 is 11.1 Å². The average molecular weight is 423 g/mol. The molecule has 1 aliphatic carbocycles. The van der Waals surface area contributed by atoms with Crippen LogP contribution in [0.3, 0.4) is 0 Å². The number of halogens is 2. The van der Waals surface area contributed by atoms with Crippen molar-refractivity contribution in [1.29, 1.82) is 0 Å². The van der Waals surface area contributed by atoms with Crippen molar-refractivity contribution in [2.75, 3.05) is 6.54 Å². The summed E-state index contributed by atoms with van der Waals surface area (Å²) in [4.78, 5) is 12.3. The number of hydrogen-bond donors (Lipinski definition) is 2. The van der Waals surface area contributed by atoms with Crippen molar-refractivity contribution < 1.29 is 4.79 Å². The minimum absolute atomic E-state index is 0.00560. The maximum atomic E-state index is 12.3. The lowest BCUT2D eigenvalue weighted by atomic mass is 10.0. The molecule has 0 spiro atoms. The van der Waals surface area contributed by atoms with E-state index in [0.29, 0.717) is 12.5 Å². The fourth-order valence-corrected chi connectivity index (χ4v) is 3.37. The minimum Gasteiger partial charge on any atom is -0.349 e. The van der Waals surface area contributed by atoms with Crippen LogP contribution in [0.5, 0.6) is 0 Å². The molecule has 1 aromatic carbocycles. The van der Waals surface area contributed by atoms with Gasteiger partial charge in [0, 0.05) is 14.1 Å². The van der Waals surface area contributed by atoms with E-state index in [9.17, 15) is 4.79 Å². The van der Waals surface area contributed by atoms with E-state index in [-0.39, 0.29) is 11.9 Å². The molecule has 2 unspecified atom stereocenters. The summed E-state index contributed by atoms with van der Waals surface area (Å²) < 4.78 is 1.89. The van der Waals surface area contributed by atoms with Crippen molar-refractivity contribution in [3.63, 3.8) is 0 Å². The number of carbonyl (C=O) groups is 1. The molecular formula is C13H16BrIN2O. The van der Waals surface area contributed by atoms with E-state index >= 15 is 0 Å². The second-order valence-electron chi connectivity index (χ2n) is 4.63. The first-order chi connectivity index (χ1) is 8.61. The molecule has 0 aromatic heterocycles. The highest BCUT2D eigenvalue weighted by Gasteiger charge is 2.28. The zero-order chi connectivity index (χ0) is 13.1. The largest absolute Gasteiger partial charge is 0.349 e. The van der Waals surface area contributed by atoms with Crippen LogP contribution in [0.1, 0.15) is 29.6 Å². The van der Waals surface area contributed by atoms with Gasteiger partial charge in [0.1, 0.15) is 0 Å². The van der Waals surface area contributed by atoms with Gasteiger partial charge in [0.05, 0.1) is 5.56 Å². The van der Waals surface area contributed by atoms with E-state index in [1.54, 1.807) is 0 Å². The Labute approximate surface area is 129 Å². The van der Waals surface area contributed by atoms with Gasteiger partial charge in [-0.3, -0.25) is 4.79 Å². The Morgan fingerprint density at radius 2 is 2.28 bits per heavy atom. The number of hydrogen-bond acceptors (Lipinski definition) is 2. The summed E-state index contributed by atoms with van der Waals surface area (Å²) in [5, 5.41) is 3.12. The van der Waals surface area contributed by atoms with Crippen LogP contribution >= 0.6 is 38.5 Å². The van der Waals surface area contributed by atoms with E-state index in [1.807, 2.05) is 18.2 Å². The van der Waals surface area contributed by atoms with Gasteiger partial charge in [0.25, 0.3) is 5.91 Å². The summed E-state index contributed by atoms with van der Waals surface area (Å²) in [6, 6.07) is 5.98. The van der Waals surface area contributed by atoms with Gasteiger partial charge >= 0.3 is 0 Å². The van der Waals surface area contributed by atoms with Crippen LogP contribution in [0.15, 0.2) is 22.7 Å². The number of nitrogens with two attached hydrogens (primary N) is 1. The summed E-state index contributed by atoms with van der Waals surface area (Å²) in [6.07, 6.45) is 3.32. The van der Waals surface area contributed by atoms with Crippen LogP contribution in [-0.2, 0) is 0 Å². The quantitative estimate of drug-likeness (QED) is 0.736. The zero-order valence-electron chi connectivity index (χ0n) is 9.96. The Morgan fingerprint density at radius 3 is 3.00 bits per heavy atom. The second kappa shape index (κ2) is 6.34. The summed E-state index contributed by atoms with van der Waals surface area (Å²) in [5.74, 6) is 0.435. The van der Waals surface area contributed by atoms with Gasteiger partial charge in [-0.05, 0) is 66.1 Å². The Bertz CT molecular complexity index is 453. The van der Waals surface area contributed by atoms with E-state index in [4.69, 9.17) is 5.73 Å². The topological polar surface area (TPSA) is 55.1 Å². The maximum absolute atomic E-state index is 12.3. The van der Waals surface area contributed by atoms with Crippen LogP contribution in [0.25, 0.3) is 0 Å². The van der Waals surface area contributed by atoms with E-state index in [1.165, 1.54) is 0 Å². The highest BCUT2D eigenvalue weighted by Crippen LogP contribution is 2.25. The molecule has 0 aliphatic heterocycles. The first-order valence-corrected chi connectivity index (χ1v) is 7.95. The van der Waals surface area contributed by atoms with Crippen molar-refractivity contribution in [3.8, 4) is 0 Å². The molecular weight excluding hydrogens is 407 g/mol. The normalized spacial score (nSPS) is 23.1. The Kier molecular flexibility index (Phi) is 5.03. The number of nitrogens with one attached hydrogen (secondary N) is 1. The number of carbonyl (C=O) groups excluding carboxylic acids is 1. The van der Waals surface area contributed by atoms with Crippen LogP contribution < -0.4 is 11.1 Å². The molecule has 1 aliphatic rings. The Hall–Kier alpha value is -0.140. The molecule has 0 heterocycles. The van der Waals surface area contributed by atoms with Gasteiger partial charge in [-0.15, -0.1) is 0 Å². The summed E-state index contributed by atoms with van der Waals surface area (Å²) in [6.45, 7) is 0.653. The second-order valence-corrected chi connectivity index (χ2v) is 6.71. The fraction of sp³-hybridized carbons (Fsp3) is 0.462. The standard InChI is InChI=1S/C13H16BrIN2O/c14-9-4-5-11(15)10(6-9)13(18)17-12-3-1-2-8(12)7-16/h4-6,8,12H,1-3,7,16H2,(H,17,18).